The Morgan fingerprint density at radius 3 is 2.44 bits per heavy atom. The molecule has 0 amide bonds. The Morgan fingerprint density at radius 1 is 1.56 bits per heavy atom. The first-order chi connectivity index (χ1) is 4.16. The Balaban J connectivity index is 3.39. The van der Waals surface area contributed by atoms with Crippen LogP contribution in [0, 0.1) is 0 Å². The van der Waals surface area contributed by atoms with Gasteiger partial charge in [-0.1, -0.05) is 0 Å². The molecule has 0 fully saturated rings. The monoisotopic (exact) mass is 146 g/mol. The van der Waals surface area contributed by atoms with E-state index < -0.39 is 9.76 Å². The summed E-state index contributed by atoms with van der Waals surface area (Å²) in [5.74, 6) is -0.515. The van der Waals surface area contributed by atoms with Crippen molar-refractivity contribution in [3.05, 3.63) is 0 Å². The zero-order valence-electron chi connectivity index (χ0n) is 5.64. The maximum Gasteiger partial charge on any atom is 0.299 e. The summed E-state index contributed by atoms with van der Waals surface area (Å²) >= 11 is 0. The van der Waals surface area contributed by atoms with E-state index in [2.05, 4.69) is 4.43 Å². The molecule has 0 aliphatic rings. The summed E-state index contributed by atoms with van der Waals surface area (Å²) in [6.07, 6.45) is -0.0686. The van der Waals surface area contributed by atoms with E-state index in [0.717, 1.165) is 0 Å². The van der Waals surface area contributed by atoms with Crippen LogP contribution >= 0.6 is 0 Å². The first kappa shape index (κ1) is 8.36. The Kier molecular flexibility index (Phi) is 3.95. The lowest BCUT2D eigenvalue weighted by molar-refractivity contribution is -0.137. The fourth-order valence-corrected chi connectivity index (χ4v) is 0.839. The number of hydrogen-bond donors (Lipinski definition) is 0. The fraction of sp³-hybridized carbons (Fsp3) is 0.600. The van der Waals surface area contributed by atoms with E-state index >= 15 is 0 Å². The van der Waals surface area contributed by atoms with Crippen molar-refractivity contribution in [1.82, 2.24) is 0 Å². The molecule has 0 aromatic rings. The number of rotatable bonds is 3. The number of hydrogen-bond acceptors (Lipinski definition) is 3. The Bertz CT molecular complexity index is 121. The minimum atomic E-state index is -0.678. The van der Waals surface area contributed by atoms with Crippen LogP contribution in [0.4, 0.5) is 0 Å². The predicted octanol–water partition coefficient (Wildman–Crippen LogP) is -0.359. The summed E-state index contributed by atoms with van der Waals surface area (Å²) in [4.78, 5) is 20.7. The van der Waals surface area contributed by atoms with Crippen molar-refractivity contribution in [1.29, 1.82) is 0 Å². The van der Waals surface area contributed by atoms with Crippen LogP contribution in [0.15, 0.2) is 0 Å². The molecule has 52 valence electrons. The molecule has 0 heterocycles. The summed E-state index contributed by atoms with van der Waals surface area (Å²) in [5, 5.41) is 0. The quantitative estimate of drug-likeness (QED) is 0.403. The highest BCUT2D eigenvalue weighted by molar-refractivity contribution is 6.28. The van der Waals surface area contributed by atoms with Gasteiger partial charge < -0.3 is 4.43 Å². The molecule has 3 nitrogen and oxygen atoms in total. The Hall–Kier alpha value is -0.643. The van der Waals surface area contributed by atoms with Crippen molar-refractivity contribution in [3.8, 4) is 0 Å². The van der Waals surface area contributed by atoms with E-state index in [-0.39, 0.29) is 18.2 Å². The minimum absolute atomic E-state index is 0.0686. The van der Waals surface area contributed by atoms with Crippen molar-refractivity contribution in [2.75, 3.05) is 0 Å². The van der Waals surface area contributed by atoms with Crippen LogP contribution in [0.2, 0.25) is 6.55 Å². The molecule has 0 aliphatic heterocycles. The van der Waals surface area contributed by atoms with E-state index in [1.54, 1.807) is 0 Å². The summed E-state index contributed by atoms with van der Waals surface area (Å²) in [5.41, 5.74) is 0. The van der Waals surface area contributed by atoms with Crippen LogP contribution < -0.4 is 0 Å². The van der Waals surface area contributed by atoms with E-state index in [4.69, 9.17) is 0 Å². The number of carbonyl (C=O) groups excluding carboxylic acids is 2. The van der Waals surface area contributed by atoms with Crippen LogP contribution in [-0.4, -0.2) is 21.5 Å². The maximum atomic E-state index is 10.4. The molecular formula is C5H10O3Si. The van der Waals surface area contributed by atoms with Gasteiger partial charge in [0.05, 0.1) is 0 Å². The summed E-state index contributed by atoms with van der Waals surface area (Å²) in [6.45, 7) is 3.22. The molecular weight excluding hydrogens is 136 g/mol. The van der Waals surface area contributed by atoms with Gasteiger partial charge in [0.25, 0.3) is 5.97 Å². The fourth-order valence-electron chi connectivity index (χ4n) is 0.415. The van der Waals surface area contributed by atoms with Crippen LogP contribution in [0.25, 0.3) is 0 Å². The smallest absolute Gasteiger partial charge is 0.299 e. The van der Waals surface area contributed by atoms with E-state index in [1.807, 2.05) is 6.55 Å². The van der Waals surface area contributed by atoms with Gasteiger partial charge >= 0.3 is 0 Å². The second-order valence-electron chi connectivity index (χ2n) is 1.68. The van der Waals surface area contributed by atoms with Crippen LogP contribution in [0.5, 0.6) is 0 Å². The molecule has 0 saturated heterocycles. The van der Waals surface area contributed by atoms with Gasteiger partial charge in [-0.2, -0.15) is 0 Å². The van der Waals surface area contributed by atoms with Crippen molar-refractivity contribution in [2.24, 2.45) is 0 Å². The lowest BCUT2D eigenvalue weighted by Gasteiger charge is -1.96. The van der Waals surface area contributed by atoms with Gasteiger partial charge in [0.1, 0.15) is 12.2 Å². The molecule has 0 atom stereocenters. The van der Waals surface area contributed by atoms with Gasteiger partial charge in [-0.05, 0) is 13.5 Å². The highest BCUT2D eigenvalue weighted by Gasteiger charge is 2.02. The molecule has 4 heteroatoms. The lowest BCUT2D eigenvalue weighted by Crippen LogP contribution is -2.09. The first-order valence-electron chi connectivity index (χ1n) is 2.82. The second-order valence-corrected chi connectivity index (χ2v) is 2.55. The van der Waals surface area contributed by atoms with Gasteiger partial charge in [-0.3, -0.25) is 9.59 Å². The second kappa shape index (κ2) is 4.26. The zero-order chi connectivity index (χ0) is 7.28. The molecule has 0 aliphatic carbocycles. The van der Waals surface area contributed by atoms with Crippen LogP contribution in [-0.2, 0) is 14.0 Å². The van der Waals surface area contributed by atoms with Gasteiger partial charge in [-0.25, -0.2) is 0 Å². The summed E-state index contributed by atoms with van der Waals surface area (Å²) in [6, 6.07) is 0. The third-order valence-corrected chi connectivity index (χ3v) is 1.31. The van der Waals surface area contributed by atoms with Gasteiger partial charge in [0.2, 0.25) is 9.76 Å². The lowest BCUT2D eigenvalue weighted by atomic mass is 10.3. The largest absolute Gasteiger partial charge is 0.525 e. The molecule has 0 aromatic carbocycles. The van der Waals surface area contributed by atoms with Gasteiger partial charge in [0.15, 0.2) is 0 Å². The molecule has 9 heavy (non-hydrogen) atoms. The molecule has 0 rings (SSSR count). The highest BCUT2D eigenvalue weighted by atomic mass is 28.2. The Morgan fingerprint density at radius 2 is 2.11 bits per heavy atom. The standard InChI is InChI=1S/C5H10O3Si/c1-4(6)3-5(7)8-9-2/h3,9H2,1-2H3. The molecule has 0 spiro atoms. The first-order valence-corrected chi connectivity index (χ1v) is 4.81. The van der Waals surface area contributed by atoms with E-state index in [9.17, 15) is 9.59 Å². The average Bonchev–Trinajstić information content (AvgIpc) is 1.63. The van der Waals surface area contributed by atoms with Gasteiger partial charge in [-0.15, -0.1) is 0 Å². The number of carbonyl (C=O) groups is 2. The molecule has 0 radical (unpaired) electrons. The van der Waals surface area contributed by atoms with E-state index in [1.165, 1.54) is 6.92 Å². The van der Waals surface area contributed by atoms with Crippen molar-refractivity contribution in [2.45, 2.75) is 19.9 Å². The van der Waals surface area contributed by atoms with Crippen molar-refractivity contribution < 1.29 is 14.0 Å². The molecule has 0 N–H and O–H groups in total. The third-order valence-electron chi connectivity index (χ3n) is 0.699. The van der Waals surface area contributed by atoms with Crippen molar-refractivity contribution >= 4 is 21.5 Å². The Labute approximate surface area is 56.3 Å². The van der Waals surface area contributed by atoms with Gasteiger partial charge in [0, 0.05) is 0 Å². The minimum Gasteiger partial charge on any atom is -0.525 e. The number of Topliss-reactive ketones (excluding diaryl/α,β-unsaturated/α-hetero) is 1. The molecule has 0 bridgehead atoms. The SMILES string of the molecule is C[SiH2]OC(=O)CC(C)=O. The maximum absolute atomic E-state index is 10.4. The highest BCUT2D eigenvalue weighted by Crippen LogP contribution is 1.85. The van der Waals surface area contributed by atoms with Crippen molar-refractivity contribution in [3.63, 3.8) is 0 Å². The predicted molar refractivity (Wildman–Crippen MR) is 35.8 cm³/mol. The molecule has 0 unspecified atom stereocenters. The summed E-state index contributed by atoms with van der Waals surface area (Å²) < 4.78 is 4.63. The molecule has 0 saturated carbocycles. The van der Waals surface area contributed by atoms with Crippen LogP contribution in [0.1, 0.15) is 13.3 Å². The summed E-state index contributed by atoms with van der Waals surface area (Å²) in [7, 11) is -0.678. The normalized spacial score (nSPS) is 10.0. The average molecular weight is 146 g/mol. The van der Waals surface area contributed by atoms with Crippen LogP contribution in [0.3, 0.4) is 0 Å². The van der Waals surface area contributed by atoms with E-state index in [0.29, 0.717) is 0 Å². The topological polar surface area (TPSA) is 43.4 Å². The molecule has 0 aromatic heterocycles. The number of ketones is 1. The third kappa shape index (κ3) is 5.22. The zero-order valence-corrected chi connectivity index (χ0v) is 7.05.